The summed E-state index contributed by atoms with van der Waals surface area (Å²) >= 11 is 0. The molecule has 1 aliphatic carbocycles. The number of rotatable bonds is 7. The second kappa shape index (κ2) is 6.41. The first-order chi connectivity index (χ1) is 7.27. The van der Waals surface area contributed by atoms with E-state index in [1.807, 2.05) is 13.0 Å². The fourth-order valence-electron chi connectivity index (χ4n) is 1.24. The van der Waals surface area contributed by atoms with Gasteiger partial charge in [0.2, 0.25) is 5.91 Å². The third-order valence-corrected chi connectivity index (χ3v) is 2.48. The van der Waals surface area contributed by atoms with Crippen LogP contribution in [0.5, 0.6) is 0 Å². The molecule has 0 heterocycles. The van der Waals surface area contributed by atoms with E-state index >= 15 is 0 Å². The first kappa shape index (κ1) is 12.0. The van der Waals surface area contributed by atoms with Gasteiger partial charge >= 0.3 is 0 Å². The van der Waals surface area contributed by atoms with E-state index in [-0.39, 0.29) is 5.91 Å². The highest BCUT2D eigenvalue weighted by atomic mass is 16.5. The number of nitrogens with zero attached hydrogens (tertiary/aromatic N) is 1. The highest BCUT2D eigenvalue weighted by Gasteiger charge is 2.21. The van der Waals surface area contributed by atoms with Crippen LogP contribution in [0, 0.1) is 23.2 Å². The van der Waals surface area contributed by atoms with Crippen LogP contribution in [0.3, 0.4) is 0 Å². The van der Waals surface area contributed by atoms with Crippen LogP contribution >= 0.6 is 0 Å². The van der Waals surface area contributed by atoms with Gasteiger partial charge in [0.15, 0.2) is 0 Å². The van der Waals surface area contributed by atoms with Gasteiger partial charge in [-0.25, -0.2) is 0 Å². The maximum atomic E-state index is 11.3. The minimum Gasteiger partial charge on any atom is -0.379 e. The Balaban J connectivity index is 1.98. The van der Waals surface area contributed by atoms with Crippen molar-refractivity contribution in [1.82, 2.24) is 5.32 Å². The number of ether oxygens (including phenoxy) is 1. The van der Waals surface area contributed by atoms with Crippen molar-refractivity contribution in [2.24, 2.45) is 11.8 Å². The first-order valence-electron chi connectivity index (χ1n) is 5.53. The largest absolute Gasteiger partial charge is 0.379 e. The van der Waals surface area contributed by atoms with Crippen LogP contribution in [0.1, 0.15) is 26.2 Å². The van der Waals surface area contributed by atoms with Gasteiger partial charge in [-0.3, -0.25) is 4.79 Å². The Labute approximate surface area is 90.6 Å². The van der Waals surface area contributed by atoms with E-state index in [1.54, 1.807) is 0 Å². The molecule has 1 fully saturated rings. The van der Waals surface area contributed by atoms with Gasteiger partial charge in [0.05, 0.1) is 12.7 Å². The van der Waals surface area contributed by atoms with Gasteiger partial charge in [-0.15, -0.1) is 0 Å². The monoisotopic (exact) mass is 210 g/mol. The molecule has 0 aliphatic heterocycles. The first-order valence-corrected chi connectivity index (χ1v) is 5.53. The topological polar surface area (TPSA) is 62.1 Å². The summed E-state index contributed by atoms with van der Waals surface area (Å²) in [6, 6.07) is 1.97. The van der Waals surface area contributed by atoms with E-state index in [1.165, 1.54) is 12.8 Å². The number of nitrogens with one attached hydrogen (secondary N) is 1. The Bertz CT molecular complexity index is 243. The van der Waals surface area contributed by atoms with E-state index < -0.39 is 5.92 Å². The smallest absolute Gasteiger partial charge is 0.237 e. The van der Waals surface area contributed by atoms with Crippen LogP contribution in [0.25, 0.3) is 0 Å². The molecule has 0 radical (unpaired) electrons. The Morgan fingerprint density at radius 1 is 1.67 bits per heavy atom. The molecule has 1 amide bonds. The summed E-state index contributed by atoms with van der Waals surface area (Å²) in [5.74, 6) is 0.0478. The van der Waals surface area contributed by atoms with Crippen LogP contribution in [-0.2, 0) is 9.53 Å². The minimum absolute atomic E-state index is 0.185. The van der Waals surface area contributed by atoms with Crippen LogP contribution in [0.15, 0.2) is 0 Å². The normalized spacial score (nSPS) is 16.8. The zero-order chi connectivity index (χ0) is 11.1. The second-order valence-corrected chi connectivity index (χ2v) is 3.90. The molecule has 0 aromatic heterocycles. The summed E-state index contributed by atoms with van der Waals surface area (Å²) < 4.78 is 5.36. The number of hydrogen-bond acceptors (Lipinski definition) is 3. The molecular formula is C11H18N2O2. The number of hydrogen-bond donors (Lipinski definition) is 1. The minimum atomic E-state index is -0.520. The number of carbonyl (C=O) groups is 1. The maximum Gasteiger partial charge on any atom is 0.237 e. The summed E-state index contributed by atoms with van der Waals surface area (Å²) in [5, 5.41) is 11.3. The van der Waals surface area contributed by atoms with Crippen molar-refractivity contribution in [3.05, 3.63) is 0 Å². The lowest BCUT2D eigenvalue weighted by atomic mass is 10.1. The molecular weight excluding hydrogens is 192 g/mol. The van der Waals surface area contributed by atoms with Gasteiger partial charge in [0, 0.05) is 13.2 Å². The lowest BCUT2D eigenvalue weighted by Gasteiger charge is -2.08. The zero-order valence-electron chi connectivity index (χ0n) is 9.16. The predicted octanol–water partition coefficient (Wildman–Crippen LogP) is 1.08. The van der Waals surface area contributed by atoms with Crippen LogP contribution in [-0.4, -0.2) is 25.7 Å². The van der Waals surface area contributed by atoms with Gasteiger partial charge in [-0.05, 0) is 25.2 Å². The van der Waals surface area contributed by atoms with Gasteiger partial charge in [0.1, 0.15) is 5.92 Å². The standard InChI is InChI=1S/C11H18N2O2/c1-2-10(7-12)11(14)13-5-6-15-8-9-3-4-9/h9-10H,2-6,8H2,1H3,(H,13,14). The number of carbonyl (C=O) groups excluding carboxylic acids is 1. The SMILES string of the molecule is CCC(C#N)C(=O)NCCOCC1CC1. The molecule has 15 heavy (non-hydrogen) atoms. The van der Waals surface area contributed by atoms with Gasteiger partial charge in [-0.1, -0.05) is 6.92 Å². The van der Waals surface area contributed by atoms with E-state index in [0.717, 1.165) is 12.5 Å². The number of amides is 1. The number of nitriles is 1. The van der Waals surface area contributed by atoms with Crippen molar-refractivity contribution >= 4 is 5.91 Å². The van der Waals surface area contributed by atoms with E-state index in [4.69, 9.17) is 10.00 Å². The molecule has 4 heteroatoms. The molecule has 1 saturated carbocycles. The van der Waals surface area contributed by atoms with Crippen LogP contribution < -0.4 is 5.32 Å². The fourth-order valence-corrected chi connectivity index (χ4v) is 1.24. The molecule has 0 bridgehead atoms. The third-order valence-electron chi connectivity index (χ3n) is 2.48. The summed E-state index contributed by atoms with van der Waals surface area (Å²) in [7, 11) is 0. The van der Waals surface area contributed by atoms with Crippen molar-refractivity contribution in [2.45, 2.75) is 26.2 Å². The van der Waals surface area contributed by atoms with Crippen molar-refractivity contribution in [2.75, 3.05) is 19.8 Å². The van der Waals surface area contributed by atoms with Crippen molar-refractivity contribution < 1.29 is 9.53 Å². The average molecular weight is 210 g/mol. The zero-order valence-corrected chi connectivity index (χ0v) is 9.16. The third kappa shape index (κ3) is 4.80. The molecule has 1 unspecified atom stereocenters. The van der Waals surface area contributed by atoms with Crippen molar-refractivity contribution in [1.29, 1.82) is 5.26 Å². The van der Waals surface area contributed by atoms with E-state index in [9.17, 15) is 4.79 Å². The van der Waals surface area contributed by atoms with Gasteiger partial charge < -0.3 is 10.1 Å². The fraction of sp³-hybridized carbons (Fsp3) is 0.818. The molecule has 0 saturated heterocycles. The molecule has 84 valence electrons. The van der Waals surface area contributed by atoms with Crippen molar-refractivity contribution in [3.8, 4) is 6.07 Å². The van der Waals surface area contributed by atoms with Gasteiger partial charge in [-0.2, -0.15) is 5.26 Å². The lowest BCUT2D eigenvalue weighted by molar-refractivity contribution is -0.123. The maximum absolute atomic E-state index is 11.3. The summed E-state index contributed by atoms with van der Waals surface area (Å²) in [5.41, 5.74) is 0. The molecule has 1 aliphatic rings. The molecule has 4 nitrogen and oxygen atoms in total. The average Bonchev–Trinajstić information content (AvgIpc) is 3.03. The van der Waals surface area contributed by atoms with Crippen LogP contribution in [0.4, 0.5) is 0 Å². The Morgan fingerprint density at radius 2 is 2.40 bits per heavy atom. The van der Waals surface area contributed by atoms with Crippen LogP contribution in [0.2, 0.25) is 0 Å². The molecule has 1 rings (SSSR count). The Kier molecular flexibility index (Phi) is 5.13. The molecule has 0 aromatic rings. The molecule has 1 N–H and O–H groups in total. The van der Waals surface area contributed by atoms with Gasteiger partial charge in [0.25, 0.3) is 0 Å². The highest BCUT2D eigenvalue weighted by molar-refractivity contribution is 5.80. The quantitative estimate of drug-likeness (QED) is 0.639. The second-order valence-electron chi connectivity index (χ2n) is 3.90. The Morgan fingerprint density at radius 3 is 2.93 bits per heavy atom. The molecule has 0 aromatic carbocycles. The highest BCUT2D eigenvalue weighted by Crippen LogP contribution is 2.28. The summed E-state index contributed by atoms with van der Waals surface area (Å²) in [4.78, 5) is 11.3. The lowest BCUT2D eigenvalue weighted by Crippen LogP contribution is -2.32. The van der Waals surface area contributed by atoms with E-state index in [2.05, 4.69) is 5.32 Å². The predicted molar refractivity (Wildman–Crippen MR) is 55.9 cm³/mol. The Hall–Kier alpha value is -1.08. The summed E-state index contributed by atoms with van der Waals surface area (Å²) in [6.45, 7) is 3.69. The van der Waals surface area contributed by atoms with Crippen molar-refractivity contribution in [3.63, 3.8) is 0 Å². The molecule has 0 spiro atoms. The molecule has 1 atom stereocenters. The van der Waals surface area contributed by atoms with E-state index in [0.29, 0.717) is 19.6 Å². The summed E-state index contributed by atoms with van der Waals surface area (Å²) in [6.07, 6.45) is 3.11.